The summed E-state index contributed by atoms with van der Waals surface area (Å²) in [7, 11) is 3.09. The molecule has 0 radical (unpaired) electrons. The van der Waals surface area contributed by atoms with Crippen LogP contribution in [0.15, 0.2) is 30.6 Å². The van der Waals surface area contributed by atoms with Crippen LogP contribution in [0.3, 0.4) is 0 Å². The molecule has 9 heteroatoms. The number of aromatic amines is 1. The number of aromatic nitrogens is 5. The topological polar surface area (TPSA) is 120 Å². The standard InChI is InChI=1S/C22H24N6O3/c1-30-16-5-3-4-14-10-15(26-17(14)16)18-19-20(23)24-11-25-28(19)21(27-18)12-6-8-13(9-7-12)22(29)31-2/h3-5,10-13,26H,6-9H2,1-2H3,(H2,23,24,25)/t12-,13-. The SMILES string of the molecule is COc1cccc2cc(-c3nc([C@H]4CC[C@H](C(=O)OC)CC4)n4ncnc(N)c34)[nH]c12. The molecule has 31 heavy (non-hydrogen) atoms. The van der Waals surface area contributed by atoms with Gasteiger partial charge in [0.2, 0.25) is 0 Å². The van der Waals surface area contributed by atoms with Crippen LogP contribution in [0.1, 0.15) is 37.4 Å². The smallest absolute Gasteiger partial charge is 0.308 e. The van der Waals surface area contributed by atoms with E-state index in [4.69, 9.17) is 20.2 Å². The molecule has 0 amide bonds. The van der Waals surface area contributed by atoms with E-state index in [1.165, 1.54) is 13.4 Å². The van der Waals surface area contributed by atoms with Gasteiger partial charge in [0.05, 0.1) is 31.3 Å². The molecule has 1 aromatic carbocycles. The number of carbonyl (C=O) groups is 1. The number of hydrogen-bond donors (Lipinski definition) is 2. The molecule has 3 N–H and O–H groups in total. The second-order valence-corrected chi connectivity index (χ2v) is 7.90. The van der Waals surface area contributed by atoms with Crippen molar-refractivity contribution < 1.29 is 14.3 Å². The van der Waals surface area contributed by atoms with E-state index >= 15 is 0 Å². The lowest BCUT2D eigenvalue weighted by molar-refractivity contribution is -0.146. The summed E-state index contributed by atoms with van der Waals surface area (Å²) in [6, 6.07) is 7.92. The van der Waals surface area contributed by atoms with Gasteiger partial charge in [0, 0.05) is 11.3 Å². The van der Waals surface area contributed by atoms with Crippen LogP contribution in [0.5, 0.6) is 5.75 Å². The van der Waals surface area contributed by atoms with E-state index in [2.05, 4.69) is 15.1 Å². The number of anilines is 1. The van der Waals surface area contributed by atoms with Crippen molar-refractivity contribution in [3.05, 3.63) is 36.4 Å². The third kappa shape index (κ3) is 3.17. The number of hydrogen-bond acceptors (Lipinski definition) is 7. The number of H-pyrrole nitrogens is 1. The molecule has 3 heterocycles. The number of imidazole rings is 1. The molecule has 0 atom stereocenters. The van der Waals surface area contributed by atoms with Crippen LogP contribution in [0, 0.1) is 5.92 Å². The van der Waals surface area contributed by atoms with E-state index < -0.39 is 0 Å². The number of para-hydroxylation sites is 1. The van der Waals surface area contributed by atoms with Gasteiger partial charge in [-0.05, 0) is 37.8 Å². The predicted molar refractivity (Wildman–Crippen MR) is 116 cm³/mol. The number of ether oxygens (including phenoxy) is 2. The Bertz CT molecular complexity index is 1270. The van der Waals surface area contributed by atoms with Gasteiger partial charge in [-0.3, -0.25) is 4.79 Å². The molecule has 1 aliphatic carbocycles. The quantitative estimate of drug-likeness (QED) is 0.486. The van der Waals surface area contributed by atoms with Crippen molar-refractivity contribution in [2.75, 3.05) is 20.0 Å². The molecular formula is C22H24N6O3. The van der Waals surface area contributed by atoms with Gasteiger partial charge >= 0.3 is 5.97 Å². The lowest BCUT2D eigenvalue weighted by Gasteiger charge is -2.25. The van der Waals surface area contributed by atoms with Crippen LogP contribution in [0.25, 0.3) is 27.8 Å². The Morgan fingerprint density at radius 1 is 1.23 bits per heavy atom. The van der Waals surface area contributed by atoms with Gasteiger partial charge in [-0.1, -0.05) is 12.1 Å². The van der Waals surface area contributed by atoms with E-state index in [0.29, 0.717) is 17.0 Å². The first kappa shape index (κ1) is 19.3. The summed E-state index contributed by atoms with van der Waals surface area (Å²) < 4.78 is 12.2. The number of esters is 1. The van der Waals surface area contributed by atoms with E-state index in [9.17, 15) is 4.79 Å². The summed E-state index contributed by atoms with van der Waals surface area (Å²) in [5.74, 6) is 1.97. The highest BCUT2D eigenvalue weighted by atomic mass is 16.5. The van der Waals surface area contributed by atoms with Crippen molar-refractivity contribution in [2.45, 2.75) is 31.6 Å². The molecule has 0 unspecified atom stereocenters. The zero-order valence-electron chi connectivity index (χ0n) is 17.5. The minimum absolute atomic E-state index is 0.0483. The monoisotopic (exact) mass is 420 g/mol. The molecule has 9 nitrogen and oxygen atoms in total. The van der Waals surface area contributed by atoms with Crippen LogP contribution in [0.2, 0.25) is 0 Å². The fourth-order valence-electron chi connectivity index (χ4n) is 4.61. The molecule has 3 aromatic heterocycles. The third-order valence-corrected chi connectivity index (χ3v) is 6.21. The van der Waals surface area contributed by atoms with Gasteiger partial charge < -0.3 is 20.2 Å². The number of nitrogens with zero attached hydrogens (tertiary/aromatic N) is 4. The molecule has 0 saturated heterocycles. The Labute approximate surface area is 178 Å². The van der Waals surface area contributed by atoms with E-state index in [1.54, 1.807) is 11.6 Å². The first-order chi connectivity index (χ1) is 15.1. The first-order valence-corrected chi connectivity index (χ1v) is 10.3. The number of carbonyl (C=O) groups excluding carboxylic acids is 1. The Kier molecular flexibility index (Phi) is 4.72. The highest BCUT2D eigenvalue weighted by molar-refractivity contribution is 5.93. The summed E-state index contributed by atoms with van der Waals surface area (Å²) in [6.07, 6.45) is 4.66. The Hall–Kier alpha value is -3.62. The number of nitrogens with two attached hydrogens (primary N) is 1. The summed E-state index contributed by atoms with van der Waals surface area (Å²) in [6.45, 7) is 0. The molecule has 4 aromatic rings. The number of rotatable bonds is 4. The van der Waals surface area contributed by atoms with Gasteiger partial charge in [0.1, 0.15) is 29.1 Å². The fourth-order valence-corrected chi connectivity index (χ4v) is 4.61. The molecule has 0 bridgehead atoms. The maximum Gasteiger partial charge on any atom is 0.308 e. The van der Waals surface area contributed by atoms with Gasteiger partial charge in [-0.25, -0.2) is 14.5 Å². The van der Waals surface area contributed by atoms with Crippen molar-refractivity contribution in [2.24, 2.45) is 5.92 Å². The molecule has 0 spiro atoms. The number of nitrogens with one attached hydrogen (secondary N) is 1. The number of methoxy groups -OCH3 is 2. The second kappa shape index (κ2) is 7.57. The van der Waals surface area contributed by atoms with Crippen molar-refractivity contribution in [3.8, 4) is 17.1 Å². The maximum absolute atomic E-state index is 11.9. The average molecular weight is 420 g/mol. The van der Waals surface area contributed by atoms with Gasteiger partial charge in [-0.15, -0.1) is 0 Å². The zero-order valence-corrected chi connectivity index (χ0v) is 17.5. The first-order valence-electron chi connectivity index (χ1n) is 10.3. The number of fused-ring (bicyclic) bond motifs is 2. The van der Waals surface area contributed by atoms with Crippen LogP contribution in [0.4, 0.5) is 5.82 Å². The van der Waals surface area contributed by atoms with Crippen molar-refractivity contribution in [3.63, 3.8) is 0 Å². The molecule has 1 fully saturated rings. The van der Waals surface area contributed by atoms with Crippen LogP contribution in [-0.4, -0.2) is 44.8 Å². The summed E-state index contributed by atoms with van der Waals surface area (Å²) in [4.78, 5) is 24.5. The van der Waals surface area contributed by atoms with Crippen molar-refractivity contribution in [1.29, 1.82) is 0 Å². The average Bonchev–Trinajstić information content (AvgIpc) is 3.41. The van der Waals surface area contributed by atoms with Crippen LogP contribution < -0.4 is 10.5 Å². The lowest BCUT2D eigenvalue weighted by Crippen LogP contribution is -2.23. The second-order valence-electron chi connectivity index (χ2n) is 7.90. The summed E-state index contributed by atoms with van der Waals surface area (Å²) >= 11 is 0. The minimum Gasteiger partial charge on any atom is -0.495 e. The van der Waals surface area contributed by atoms with E-state index in [1.807, 2.05) is 24.3 Å². The minimum atomic E-state index is -0.134. The fraction of sp³-hybridized carbons (Fsp3) is 0.364. The molecule has 160 valence electrons. The predicted octanol–water partition coefficient (Wildman–Crippen LogP) is 3.31. The zero-order chi connectivity index (χ0) is 21.5. The van der Waals surface area contributed by atoms with E-state index in [-0.39, 0.29) is 17.8 Å². The highest BCUT2D eigenvalue weighted by Gasteiger charge is 2.31. The van der Waals surface area contributed by atoms with Crippen molar-refractivity contribution in [1.82, 2.24) is 24.6 Å². The summed E-state index contributed by atoms with van der Waals surface area (Å²) in [5, 5.41) is 5.47. The Morgan fingerprint density at radius 3 is 2.77 bits per heavy atom. The Morgan fingerprint density at radius 2 is 2.03 bits per heavy atom. The normalized spacial score (nSPS) is 19.0. The van der Waals surface area contributed by atoms with Gasteiger partial charge in [0.25, 0.3) is 0 Å². The lowest BCUT2D eigenvalue weighted by atomic mass is 9.81. The van der Waals surface area contributed by atoms with Crippen molar-refractivity contribution >= 4 is 28.2 Å². The number of nitrogen functional groups attached to an aromatic ring is 1. The van der Waals surface area contributed by atoms with E-state index in [0.717, 1.165) is 53.9 Å². The molecular weight excluding hydrogens is 396 g/mol. The van der Waals surface area contributed by atoms with Crippen LogP contribution >= 0.6 is 0 Å². The molecule has 1 aliphatic rings. The molecule has 1 saturated carbocycles. The summed E-state index contributed by atoms with van der Waals surface area (Å²) in [5.41, 5.74) is 9.37. The molecule has 0 aliphatic heterocycles. The maximum atomic E-state index is 11.9. The van der Waals surface area contributed by atoms with Crippen LogP contribution in [-0.2, 0) is 9.53 Å². The Balaban J connectivity index is 1.59. The molecule has 5 rings (SSSR count). The third-order valence-electron chi connectivity index (χ3n) is 6.21. The van der Waals surface area contributed by atoms with Gasteiger partial charge in [-0.2, -0.15) is 5.10 Å². The highest BCUT2D eigenvalue weighted by Crippen LogP contribution is 2.39. The number of benzene rings is 1. The largest absolute Gasteiger partial charge is 0.495 e. The van der Waals surface area contributed by atoms with Gasteiger partial charge in [0.15, 0.2) is 5.82 Å².